The fraction of sp³-hybridized carbons (Fsp3) is 0.185. The van der Waals surface area contributed by atoms with Gasteiger partial charge in [0.15, 0.2) is 5.17 Å². The van der Waals surface area contributed by atoms with E-state index in [-0.39, 0.29) is 6.03 Å². The molecule has 0 spiro atoms. The number of thioether (sulfide) groups is 1. The molecule has 0 N–H and O–H groups in total. The summed E-state index contributed by atoms with van der Waals surface area (Å²) in [6, 6.07) is 28.2. The number of urea groups is 1. The summed E-state index contributed by atoms with van der Waals surface area (Å²) >= 11 is 1.63. The second kappa shape index (κ2) is 9.33. The molecule has 32 heavy (non-hydrogen) atoms. The van der Waals surface area contributed by atoms with Crippen molar-refractivity contribution in [3.8, 4) is 11.8 Å². The molecule has 2 fully saturated rings. The zero-order valence-corrected chi connectivity index (χ0v) is 18.5. The smallest absolute Gasteiger partial charge is 0.284 e. The van der Waals surface area contributed by atoms with Crippen molar-refractivity contribution in [2.75, 3.05) is 10.8 Å². The first-order chi connectivity index (χ1) is 15.8. The van der Waals surface area contributed by atoms with Crippen LogP contribution >= 0.6 is 11.8 Å². The maximum absolute atomic E-state index is 13.4. The SMILES string of the molecule is O=C1N(Cc2ccc(C#Cc3ccccc3)cc2)C(=NC2CC2)SCN1c1ccccc1. The minimum absolute atomic E-state index is 0.0257. The minimum atomic E-state index is -0.0257. The number of amidine groups is 1. The predicted molar refractivity (Wildman–Crippen MR) is 132 cm³/mol. The average molecular weight is 438 g/mol. The van der Waals surface area contributed by atoms with Crippen LogP contribution in [0.25, 0.3) is 0 Å². The molecule has 4 nitrogen and oxygen atoms in total. The monoisotopic (exact) mass is 437 g/mol. The summed E-state index contributed by atoms with van der Waals surface area (Å²) in [5.41, 5.74) is 3.92. The maximum Gasteiger partial charge on any atom is 0.331 e. The average Bonchev–Trinajstić information content (AvgIpc) is 3.66. The van der Waals surface area contributed by atoms with E-state index in [1.54, 1.807) is 11.8 Å². The van der Waals surface area contributed by atoms with E-state index in [1.165, 1.54) is 0 Å². The number of amides is 2. The van der Waals surface area contributed by atoms with Gasteiger partial charge in [-0.2, -0.15) is 0 Å². The summed E-state index contributed by atoms with van der Waals surface area (Å²) in [5, 5.41) is 0.831. The number of aliphatic imine (C=N–C) groups is 1. The summed E-state index contributed by atoms with van der Waals surface area (Å²) in [7, 11) is 0. The van der Waals surface area contributed by atoms with Crippen LogP contribution < -0.4 is 4.90 Å². The van der Waals surface area contributed by atoms with Gasteiger partial charge in [-0.25, -0.2) is 4.79 Å². The molecule has 3 aromatic rings. The third kappa shape index (κ3) is 4.87. The van der Waals surface area contributed by atoms with Crippen LogP contribution in [0, 0.1) is 11.8 Å². The van der Waals surface area contributed by atoms with Crippen LogP contribution in [-0.2, 0) is 6.54 Å². The third-order valence-electron chi connectivity index (χ3n) is 5.34. The Balaban J connectivity index is 1.35. The number of rotatable bonds is 4. The van der Waals surface area contributed by atoms with Crippen LogP contribution in [0.4, 0.5) is 10.5 Å². The van der Waals surface area contributed by atoms with Crippen LogP contribution in [0.15, 0.2) is 89.9 Å². The van der Waals surface area contributed by atoms with Gasteiger partial charge >= 0.3 is 6.03 Å². The van der Waals surface area contributed by atoms with E-state index in [0.29, 0.717) is 18.5 Å². The number of hydrogen-bond donors (Lipinski definition) is 0. The first kappa shape index (κ1) is 20.4. The Labute approximate surface area is 193 Å². The Morgan fingerprint density at radius 3 is 2.12 bits per heavy atom. The lowest BCUT2D eigenvalue weighted by Crippen LogP contribution is -2.49. The molecule has 3 aromatic carbocycles. The van der Waals surface area contributed by atoms with Crippen molar-refractivity contribution in [3.05, 3.63) is 102 Å². The Bertz CT molecular complexity index is 1180. The Morgan fingerprint density at radius 2 is 1.47 bits per heavy atom. The second-order valence-electron chi connectivity index (χ2n) is 7.86. The van der Waals surface area contributed by atoms with Gasteiger partial charge in [0.05, 0.1) is 18.5 Å². The molecule has 0 unspecified atom stereocenters. The molecule has 158 valence electrons. The first-order valence-electron chi connectivity index (χ1n) is 10.8. The highest BCUT2D eigenvalue weighted by molar-refractivity contribution is 8.14. The van der Waals surface area contributed by atoms with E-state index in [9.17, 15) is 4.79 Å². The van der Waals surface area contributed by atoms with Crippen molar-refractivity contribution in [3.63, 3.8) is 0 Å². The number of nitrogens with zero attached hydrogens (tertiary/aromatic N) is 3. The lowest BCUT2D eigenvalue weighted by Gasteiger charge is -2.36. The van der Waals surface area contributed by atoms with Crippen LogP contribution in [0.2, 0.25) is 0 Å². The minimum Gasteiger partial charge on any atom is -0.284 e. The lowest BCUT2D eigenvalue weighted by molar-refractivity contribution is 0.226. The molecule has 5 heteroatoms. The summed E-state index contributed by atoms with van der Waals surface area (Å²) in [5.74, 6) is 6.97. The molecule has 1 saturated heterocycles. The maximum atomic E-state index is 13.4. The Morgan fingerprint density at radius 1 is 0.844 bits per heavy atom. The highest BCUT2D eigenvalue weighted by Crippen LogP contribution is 2.31. The van der Waals surface area contributed by atoms with Crippen LogP contribution in [-0.4, -0.2) is 28.0 Å². The second-order valence-corrected chi connectivity index (χ2v) is 8.77. The van der Waals surface area contributed by atoms with Crippen molar-refractivity contribution < 1.29 is 4.79 Å². The number of carbonyl (C=O) groups excluding carboxylic acids is 1. The summed E-state index contributed by atoms with van der Waals surface area (Å²) < 4.78 is 0. The predicted octanol–water partition coefficient (Wildman–Crippen LogP) is 5.74. The quantitative estimate of drug-likeness (QED) is 0.488. The van der Waals surface area contributed by atoms with E-state index in [4.69, 9.17) is 4.99 Å². The van der Waals surface area contributed by atoms with Gasteiger partial charge in [0.25, 0.3) is 0 Å². The number of anilines is 1. The largest absolute Gasteiger partial charge is 0.331 e. The molecule has 1 aliphatic carbocycles. The van der Waals surface area contributed by atoms with Gasteiger partial charge in [-0.15, -0.1) is 0 Å². The zero-order chi connectivity index (χ0) is 21.8. The van der Waals surface area contributed by atoms with Gasteiger partial charge in [-0.3, -0.25) is 14.8 Å². The number of hydrogen-bond acceptors (Lipinski definition) is 3. The highest BCUT2D eigenvalue weighted by atomic mass is 32.2. The fourth-order valence-corrected chi connectivity index (χ4v) is 4.45. The van der Waals surface area contributed by atoms with E-state index < -0.39 is 0 Å². The summed E-state index contributed by atoms with van der Waals surface area (Å²) in [6.45, 7) is 0.493. The number of benzene rings is 3. The molecule has 0 radical (unpaired) electrons. The highest BCUT2D eigenvalue weighted by Gasteiger charge is 2.34. The number of carbonyl (C=O) groups is 1. The van der Waals surface area contributed by atoms with Crippen molar-refractivity contribution in [1.82, 2.24) is 4.90 Å². The topological polar surface area (TPSA) is 35.9 Å². The van der Waals surface area contributed by atoms with Crippen LogP contribution in [0.3, 0.4) is 0 Å². The van der Waals surface area contributed by atoms with Crippen molar-refractivity contribution >= 4 is 28.6 Å². The first-order valence-corrected chi connectivity index (χ1v) is 11.8. The molecule has 2 aliphatic rings. The zero-order valence-electron chi connectivity index (χ0n) is 17.6. The molecule has 1 saturated carbocycles. The van der Waals surface area contributed by atoms with Crippen molar-refractivity contribution in [2.45, 2.75) is 25.4 Å². The fourth-order valence-electron chi connectivity index (χ4n) is 3.42. The molecular weight excluding hydrogens is 414 g/mol. The molecule has 2 amide bonds. The molecule has 0 atom stereocenters. The van der Waals surface area contributed by atoms with Gasteiger partial charge in [0.1, 0.15) is 0 Å². The van der Waals surface area contributed by atoms with Crippen molar-refractivity contribution in [2.24, 2.45) is 4.99 Å². The molecule has 5 rings (SSSR count). The summed E-state index contributed by atoms with van der Waals surface area (Å²) in [4.78, 5) is 21.8. The van der Waals surface area contributed by atoms with Gasteiger partial charge in [0.2, 0.25) is 0 Å². The van der Waals surface area contributed by atoms with E-state index >= 15 is 0 Å². The van der Waals surface area contributed by atoms with E-state index in [2.05, 4.69) is 11.8 Å². The standard InChI is InChI=1S/C27H23N3OS/c31-27-29(19-23-15-13-22(14-16-23)12-11-21-7-3-1-4-8-21)26(28-24-17-18-24)32-20-30(27)25-9-5-2-6-10-25/h1-10,13-16,24H,17-20H2. The third-order valence-corrected chi connectivity index (χ3v) is 6.31. The molecule has 1 aliphatic heterocycles. The van der Waals surface area contributed by atoms with Gasteiger partial charge in [0, 0.05) is 16.8 Å². The Kier molecular flexibility index (Phi) is 5.96. The summed E-state index contributed by atoms with van der Waals surface area (Å²) in [6.07, 6.45) is 2.23. The van der Waals surface area contributed by atoms with E-state index in [0.717, 1.165) is 40.4 Å². The van der Waals surface area contributed by atoms with Crippen LogP contribution in [0.5, 0.6) is 0 Å². The molecule has 0 aromatic heterocycles. The van der Waals surface area contributed by atoms with Gasteiger partial charge in [-0.05, 0) is 54.8 Å². The van der Waals surface area contributed by atoms with Gasteiger partial charge in [-0.1, -0.05) is 72.1 Å². The number of para-hydroxylation sites is 1. The molecule has 1 heterocycles. The Hall–Kier alpha value is -3.49. The molecule has 0 bridgehead atoms. The van der Waals surface area contributed by atoms with Crippen LogP contribution in [0.1, 0.15) is 29.5 Å². The van der Waals surface area contributed by atoms with Crippen molar-refractivity contribution in [1.29, 1.82) is 0 Å². The lowest BCUT2D eigenvalue weighted by atomic mass is 10.1. The normalized spacial score (nSPS) is 17.2. The molecular formula is C27H23N3OS. The van der Waals surface area contributed by atoms with Gasteiger partial charge < -0.3 is 0 Å². The van der Waals surface area contributed by atoms with E-state index in [1.807, 2.05) is 94.7 Å².